The van der Waals surface area contributed by atoms with Gasteiger partial charge >= 0.3 is 6.18 Å². The highest BCUT2D eigenvalue weighted by Gasteiger charge is 2.34. The zero-order chi connectivity index (χ0) is 15.6. The van der Waals surface area contributed by atoms with E-state index in [1.165, 1.54) is 12.1 Å². The SMILES string of the molecule is CN(Cc1ccccc1Br)c1ccc(N)cc1C(F)(F)F. The van der Waals surface area contributed by atoms with E-state index in [0.29, 0.717) is 6.54 Å². The number of hydrogen-bond acceptors (Lipinski definition) is 2. The van der Waals surface area contributed by atoms with Crippen molar-refractivity contribution in [1.29, 1.82) is 0 Å². The van der Waals surface area contributed by atoms with E-state index in [0.717, 1.165) is 16.1 Å². The van der Waals surface area contributed by atoms with E-state index >= 15 is 0 Å². The van der Waals surface area contributed by atoms with Gasteiger partial charge in [0.15, 0.2) is 0 Å². The van der Waals surface area contributed by atoms with Crippen molar-refractivity contribution in [3.8, 4) is 0 Å². The first-order chi connectivity index (χ1) is 9.79. The molecule has 0 saturated heterocycles. The van der Waals surface area contributed by atoms with Crippen molar-refractivity contribution in [2.75, 3.05) is 17.7 Å². The van der Waals surface area contributed by atoms with Gasteiger partial charge in [0.25, 0.3) is 0 Å². The predicted octanol–water partition coefficient (Wildman–Crippen LogP) is 4.69. The number of benzene rings is 2. The third-order valence-electron chi connectivity index (χ3n) is 3.10. The normalized spacial score (nSPS) is 11.5. The Bertz CT molecular complexity index is 641. The number of hydrogen-bond donors (Lipinski definition) is 1. The molecule has 2 nitrogen and oxygen atoms in total. The third-order valence-corrected chi connectivity index (χ3v) is 3.88. The summed E-state index contributed by atoms with van der Waals surface area (Å²) in [5.74, 6) is 0. The van der Waals surface area contributed by atoms with Gasteiger partial charge in [-0.25, -0.2) is 0 Å². The molecular weight excluding hydrogens is 345 g/mol. The van der Waals surface area contributed by atoms with Gasteiger partial charge < -0.3 is 10.6 Å². The summed E-state index contributed by atoms with van der Waals surface area (Å²) in [6.45, 7) is 0.356. The Balaban J connectivity index is 2.36. The summed E-state index contributed by atoms with van der Waals surface area (Å²) in [5.41, 5.74) is 5.86. The van der Waals surface area contributed by atoms with Crippen LogP contribution in [-0.2, 0) is 12.7 Å². The van der Waals surface area contributed by atoms with E-state index in [2.05, 4.69) is 15.9 Å². The van der Waals surface area contributed by atoms with Crippen LogP contribution in [0.15, 0.2) is 46.9 Å². The van der Waals surface area contributed by atoms with Gasteiger partial charge in [-0.15, -0.1) is 0 Å². The first kappa shape index (κ1) is 15.7. The van der Waals surface area contributed by atoms with Crippen LogP contribution in [0, 0.1) is 0 Å². The summed E-state index contributed by atoms with van der Waals surface area (Å²) in [5, 5.41) is 0. The molecule has 21 heavy (non-hydrogen) atoms. The molecule has 0 aliphatic heterocycles. The zero-order valence-corrected chi connectivity index (χ0v) is 12.9. The number of anilines is 2. The van der Waals surface area contributed by atoms with Crippen molar-refractivity contribution in [3.63, 3.8) is 0 Å². The number of rotatable bonds is 3. The summed E-state index contributed by atoms with van der Waals surface area (Å²) in [4.78, 5) is 1.56. The van der Waals surface area contributed by atoms with Gasteiger partial charge in [0.1, 0.15) is 0 Å². The maximum Gasteiger partial charge on any atom is 0.418 e. The van der Waals surface area contributed by atoms with E-state index in [1.54, 1.807) is 11.9 Å². The molecule has 0 atom stereocenters. The second kappa shape index (κ2) is 5.97. The Labute approximate surface area is 129 Å². The van der Waals surface area contributed by atoms with Crippen molar-refractivity contribution in [3.05, 3.63) is 58.1 Å². The van der Waals surface area contributed by atoms with Crippen molar-refractivity contribution >= 4 is 27.3 Å². The molecule has 0 radical (unpaired) electrons. The molecule has 0 aliphatic rings. The lowest BCUT2D eigenvalue weighted by Gasteiger charge is -2.24. The van der Waals surface area contributed by atoms with E-state index in [-0.39, 0.29) is 11.4 Å². The van der Waals surface area contributed by atoms with Crippen molar-refractivity contribution in [1.82, 2.24) is 0 Å². The number of halogens is 4. The smallest absolute Gasteiger partial charge is 0.399 e. The van der Waals surface area contributed by atoms with Gasteiger partial charge in [0, 0.05) is 29.4 Å². The topological polar surface area (TPSA) is 29.3 Å². The average Bonchev–Trinajstić information content (AvgIpc) is 2.40. The fourth-order valence-electron chi connectivity index (χ4n) is 2.08. The quantitative estimate of drug-likeness (QED) is 0.806. The fourth-order valence-corrected chi connectivity index (χ4v) is 2.49. The van der Waals surface area contributed by atoms with E-state index in [1.807, 2.05) is 24.3 Å². The molecule has 2 aromatic carbocycles. The minimum atomic E-state index is -4.44. The van der Waals surface area contributed by atoms with Gasteiger partial charge in [-0.05, 0) is 29.8 Å². The summed E-state index contributed by atoms with van der Waals surface area (Å²) < 4.78 is 40.2. The lowest BCUT2D eigenvalue weighted by atomic mass is 10.1. The zero-order valence-electron chi connectivity index (χ0n) is 11.3. The van der Waals surface area contributed by atoms with Gasteiger partial charge in [0.05, 0.1) is 5.56 Å². The monoisotopic (exact) mass is 358 g/mol. The van der Waals surface area contributed by atoms with Crippen molar-refractivity contribution in [2.45, 2.75) is 12.7 Å². The summed E-state index contributed by atoms with van der Waals surface area (Å²) >= 11 is 3.40. The molecule has 0 aliphatic carbocycles. The van der Waals surface area contributed by atoms with Gasteiger partial charge in [-0.2, -0.15) is 13.2 Å². The summed E-state index contributed by atoms with van der Waals surface area (Å²) in [7, 11) is 1.63. The maximum atomic E-state index is 13.1. The van der Waals surface area contributed by atoms with Crippen LogP contribution < -0.4 is 10.6 Å². The van der Waals surface area contributed by atoms with E-state index < -0.39 is 11.7 Å². The molecule has 0 unspecified atom stereocenters. The molecular formula is C15H14BrF3N2. The Morgan fingerprint density at radius 1 is 1.14 bits per heavy atom. The number of nitrogens with two attached hydrogens (primary N) is 1. The number of nitrogen functional groups attached to an aromatic ring is 1. The lowest BCUT2D eigenvalue weighted by Crippen LogP contribution is -2.21. The molecule has 0 bridgehead atoms. The summed E-state index contributed by atoms with van der Waals surface area (Å²) in [6, 6.07) is 11.3. The van der Waals surface area contributed by atoms with Crippen LogP contribution in [0.4, 0.5) is 24.5 Å². The molecule has 2 aromatic rings. The first-order valence-corrected chi connectivity index (χ1v) is 6.99. The molecule has 0 amide bonds. The molecule has 112 valence electrons. The lowest BCUT2D eigenvalue weighted by molar-refractivity contribution is -0.137. The second-order valence-electron chi connectivity index (χ2n) is 4.72. The van der Waals surface area contributed by atoms with Crippen LogP contribution in [0.5, 0.6) is 0 Å². The second-order valence-corrected chi connectivity index (χ2v) is 5.58. The Morgan fingerprint density at radius 2 is 1.81 bits per heavy atom. The van der Waals surface area contributed by atoms with Crippen molar-refractivity contribution in [2.24, 2.45) is 0 Å². The van der Waals surface area contributed by atoms with Crippen LogP contribution in [0.1, 0.15) is 11.1 Å². The highest BCUT2D eigenvalue weighted by Crippen LogP contribution is 2.38. The Kier molecular flexibility index (Phi) is 4.46. The number of alkyl halides is 3. The predicted molar refractivity (Wildman–Crippen MR) is 82.1 cm³/mol. The molecule has 0 fully saturated rings. The van der Waals surface area contributed by atoms with E-state index in [4.69, 9.17) is 5.73 Å². The average molecular weight is 359 g/mol. The van der Waals surface area contributed by atoms with Crippen molar-refractivity contribution < 1.29 is 13.2 Å². The van der Waals surface area contributed by atoms with Gasteiger partial charge in [-0.3, -0.25) is 0 Å². The molecule has 6 heteroatoms. The number of nitrogens with zero attached hydrogens (tertiary/aromatic N) is 1. The summed E-state index contributed by atoms with van der Waals surface area (Å²) in [6.07, 6.45) is -4.44. The van der Waals surface area contributed by atoms with Crippen LogP contribution in [0.3, 0.4) is 0 Å². The first-order valence-electron chi connectivity index (χ1n) is 6.20. The van der Waals surface area contributed by atoms with Gasteiger partial charge in [-0.1, -0.05) is 34.1 Å². The highest BCUT2D eigenvalue weighted by atomic mass is 79.9. The van der Waals surface area contributed by atoms with Crippen LogP contribution >= 0.6 is 15.9 Å². The molecule has 2 rings (SSSR count). The van der Waals surface area contributed by atoms with Crippen LogP contribution in [-0.4, -0.2) is 7.05 Å². The standard InChI is InChI=1S/C15H14BrF3N2/c1-21(9-10-4-2-3-5-13(10)16)14-7-6-11(20)8-12(14)15(17,18)19/h2-8H,9,20H2,1H3. The Morgan fingerprint density at radius 3 is 2.43 bits per heavy atom. The molecule has 0 heterocycles. The van der Waals surface area contributed by atoms with Crippen LogP contribution in [0.25, 0.3) is 0 Å². The minimum Gasteiger partial charge on any atom is -0.399 e. The van der Waals surface area contributed by atoms with Crippen LogP contribution in [0.2, 0.25) is 0 Å². The van der Waals surface area contributed by atoms with Gasteiger partial charge in [0.2, 0.25) is 0 Å². The molecule has 0 saturated carbocycles. The maximum absolute atomic E-state index is 13.1. The molecule has 0 spiro atoms. The molecule has 0 aromatic heterocycles. The molecule has 2 N–H and O–H groups in total. The third kappa shape index (κ3) is 3.69. The fraction of sp³-hybridized carbons (Fsp3) is 0.200. The minimum absolute atomic E-state index is 0.0976. The highest BCUT2D eigenvalue weighted by molar-refractivity contribution is 9.10. The largest absolute Gasteiger partial charge is 0.418 e. The van der Waals surface area contributed by atoms with E-state index in [9.17, 15) is 13.2 Å². The Hall–Kier alpha value is -1.69.